The summed E-state index contributed by atoms with van der Waals surface area (Å²) in [7, 11) is 1.62. The zero-order valence-corrected chi connectivity index (χ0v) is 14.4. The van der Waals surface area contributed by atoms with Crippen LogP contribution in [0.15, 0.2) is 30.0 Å². The van der Waals surface area contributed by atoms with Gasteiger partial charge < -0.3 is 14.4 Å². The molecule has 0 saturated heterocycles. The molecule has 5 nitrogen and oxygen atoms in total. The minimum atomic E-state index is -0.691. The van der Waals surface area contributed by atoms with E-state index in [0.717, 1.165) is 18.4 Å². The molecule has 0 radical (unpaired) electrons. The topological polar surface area (TPSA) is 55.8 Å². The van der Waals surface area contributed by atoms with Crippen LogP contribution in [0.4, 0.5) is 10.1 Å². The van der Waals surface area contributed by atoms with Gasteiger partial charge in [0.2, 0.25) is 0 Å². The number of aryl methyl sites for hydroxylation is 1. The van der Waals surface area contributed by atoms with Crippen LogP contribution in [0, 0.1) is 12.7 Å². The summed E-state index contributed by atoms with van der Waals surface area (Å²) in [5, 5.41) is 0. The van der Waals surface area contributed by atoms with E-state index in [4.69, 9.17) is 9.47 Å². The lowest BCUT2D eigenvalue weighted by atomic mass is 10.1. The number of carbonyl (C=O) groups is 2. The molecule has 132 valence electrons. The lowest BCUT2D eigenvalue weighted by Gasteiger charge is -2.23. The van der Waals surface area contributed by atoms with Gasteiger partial charge in [0.1, 0.15) is 11.4 Å². The normalized spacial score (nSPS) is 11.2. The van der Waals surface area contributed by atoms with Crippen molar-refractivity contribution in [1.82, 2.24) is 0 Å². The highest BCUT2D eigenvalue weighted by molar-refractivity contribution is 6.07. The van der Waals surface area contributed by atoms with Crippen LogP contribution in [-0.2, 0) is 19.1 Å². The summed E-state index contributed by atoms with van der Waals surface area (Å²) < 4.78 is 23.5. The third-order valence-electron chi connectivity index (χ3n) is 3.41. The number of hydrogen-bond acceptors (Lipinski definition) is 5. The molecule has 1 aromatic rings. The van der Waals surface area contributed by atoms with Gasteiger partial charge in [0, 0.05) is 32.1 Å². The van der Waals surface area contributed by atoms with Crippen molar-refractivity contribution in [2.45, 2.75) is 26.7 Å². The fourth-order valence-corrected chi connectivity index (χ4v) is 2.19. The molecule has 0 heterocycles. The summed E-state index contributed by atoms with van der Waals surface area (Å²) in [6.45, 7) is 4.81. The van der Waals surface area contributed by atoms with Gasteiger partial charge >= 0.3 is 5.97 Å². The lowest BCUT2D eigenvalue weighted by Crippen LogP contribution is -2.22. The van der Waals surface area contributed by atoms with Crippen molar-refractivity contribution in [3.05, 3.63) is 41.4 Å². The number of aldehydes is 1. The number of anilines is 1. The second kappa shape index (κ2) is 10.5. The minimum Gasteiger partial charge on any atom is -0.462 e. The molecule has 1 aromatic carbocycles. The molecule has 0 saturated carbocycles. The first-order valence-electron chi connectivity index (χ1n) is 7.89. The van der Waals surface area contributed by atoms with Gasteiger partial charge in [0.05, 0.1) is 6.61 Å². The number of carbonyl (C=O) groups excluding carboxylic acids is 2. The maximum atomic E-state index is 13.6. The highest BCUT2D eigenvalue weighted by atomic mass is 19.1. The van der Waals surface area contributed by atoms with Gasteiger partial charge in [0.25, 0.3) is 0 Å². The molecule has 24 heavy (non-hydrogen) atoms. The summed E-state index contributed by atoms with van der Waals surface area (Å²) in [5.41, 5.74) is 1.34. The predicted octanol–water partition coefficient (Wildman–Crippen LogP) is 3.01. The van der Waals surface area contributed by atoms with Crippen molar-refractivity contribution in [1.29, 1.82) is 0 Å². The second-order valence-corrected chi connectivity index (χ2v) is 5.25. The van der Waals surface area contributed by atoms with Crippen molar-refractivity contribution < 1.29 is 23.5 Å². The molecule has 0 unspecified atom stereocenters. The molecule has 6 heteroatoms. The number of halogens is 1. The van der Waals surface area contributed by atoms with Gasteiger partial charge in [-0.25, -0.2) is 9.18 Å². The Kier molecular flexibility index (Phi) is 8.71. The molecule has 0 N–H and O–H groups in total. The summed E-state index contributed by atoms with van der Waals surface area (Å²) in [6, 6.07) is 4.42. The number of nitrogens with zero attached hydrogens (tertiary/aromatic N) is 1. The quantitative estimate of drug-likeness (QED) is 0.164. The average molecular weight is 337 g/mol. The molecule has 0 aliphatic carbocycles. The number of rotatable bonds is 10. The Balaban J connectivity index is 3.09. The Morgan fingerprint density at radius 3 is 2.71 bits per heavy atom. The molecule has 0 aromatic heterocycles. The Morgan fingerprint density at radius 2 is 2.08 bits per heavy atom. The summed E-state index contributed by atoms with van der Waals surface area (Å²) in [5.74, 6) is -1.07. The minimum absolute atomic E-state index is 0.104. The molecule has 0 aliphatic rings. The van der Waals surface area contributed by atoms with E-state index in [-0.39, 0.29) is 18.0 Å². The Hall–Kier alpha value is -2.21. The van der Waals surface area contributed by atoms with Crippen molar-refractivity contribution in [2.24, 2.45) is 0 Å². The van der Waals surface area contributed by atoms with Gasteiger partial charge in [-0.05, 0) is 44.4 Å². The molecule has 0 amide bonds. The van der Waals surface area contributed by atoms with Crippen LogP contribution in [0.25, 0.3) is 0 Å². The summed E-state index contributed by atoms with van der Waals surface area (Å²) in [6.07, 6.45) is 3.44. The van der Waals surface area contributed by atoms with Crippen LogP contribution in [-0.4, -0.2) is 39.1 Å². The Labute approximate surface area is 142 Å². The van der Waals surface area contributed by atoms with Gasteiger partial charge in [-0.15, -0.1) is 0 Å². The molecular weight excluding hydrogens is 313 g/mol. The van der Waals surface area contributed by atoms with Crippen molar-refractivity contribution in [3.8, 4) is 0 Å². The number of methoxy groups -OCH3 is 1. The van der Waals surface area contributed by atoms with E-state index in [2.05, 4.69) is 0 Å². The smallest absolute Gasteiger partial charge is 0.342 e. The van der Waals surface area contributed by atoms with E-state index in [0.29, 0.717) is 25.1 Å². The number of benzene rings is 1. The standard InChI is InChI=1S/C18H24FNO4/c1-4-24-18(22)15(13-21)12-20(9-5-6-10-23-3)17-11-16(19)8-7-14(17)2/h7-8,11-13H,4-6,9-10H2,1-3H3/b15-12+. The molecular formula is C18H24FNO4. The predicted molar refractivity (Wildman–Crippen MR) is 90.4 cm³/mol. The largest absolute Gasteiger partial charge is 0.462 e. The van der Waals surface area contributed by atoms with E-state index < -0.39 is 5.97 Å². The molecule has 1 rings (SSSR count). The zero-order valence-electron chi connectivity index (χ0n) is 14.4. The molecule has 0 aliphatic heterocycles. The SMILES string of the molecule is CCOC(=O)/C(C=O)=C/N(CCCCOC)c1cc(F)ccc1C. The maximum Gasteiger partial charge on any atom is 0.342 e. The molecule has 0 atom stereocenters. The number of esters is 1. The summed E-state index contributed by atoms with van der Waals surface area (Å²) >= 11 is 0. The van der Waals surface area contributed by atoms with E-state index in [1.165, 1.54) is 18.3 Å². The molecule has 0 bridgehead atoms. The van der Waals surface area contributed by atoms with Gasteiger partial charge in [-0.2, -0.15) is 0 Å². The van der Waals surface area contributed by atoms with Crippen LogP contribution < -0.4 is 4.90 Å². The Bertz CT molecular complexity index is 586. The van der Waals surface area contributed by atoms with E-state index in [1.54, 1.807) is 25.0 Å². The third-order valence-corrected chi connectivity index (χ3v) is 3.41. The van der Waals surface area contributed by atoms with Crippen LogP contribution in [0.5, 0.6) is 0 Å². The van der Waals surface area contributed by atoms with E-state index >= 15 is 0 Å². The number of ether oxygens (including phenoxy) is 2. The van der Waals surface area contributed by atoms with Crippen LogP contribution in [0.1, 0.15) is 25.3 Å². The first-order chi connectivity index (χ1) is 11.5. The number of unbranched alkanes of at least 4 members (excludes halogenated alkanes) is 1. The monoisotopic (exact) mass is 337 g/mol. The fourth-order valence-electron chi connectivity index (χ4n) is 2.19. The molecule has 0 spiro atoms. The second-order valence-electron chi connectivity index (χ2n) is 5.25. The highest BCUT2D eigenvalue weighted by Gasteiger charge is 2.14. The first kappa shape index (κ1) is 19.8. The zero-order chi connectivity index (χ0) is 17.9. The van der Waals surface area contributed by atoms with E-state index in [1.807, 2.05) is 6.92 Å². The van der Waals surface area contributed by atoms with Crippen molar-refractivity contribution in [2.75, 3.05) is 31.8 Å². The summed E-state index contributed by atoms with van der Waals surface area (Å²) in [4.78, 5) is 24.8. The number of hydrogen-bond donors (Lipinski definition) is 0. The van der Waals surface area contributed by atoms with Crippen molar-refractivity contribution in [3.63, 3.8) is 0 Å². The highest BCUT2D eigenvalue weighted by Crippen LogP contribution is 2.23. The van der Waals surface area contributed by atoms with Crippen molar-refractivity contribution >= 4 is 17.9 Å². The van der Waals surface area contributed by atoms with Crippen LogP contribution in [0.2, 0.25) is 0 Å². The van der Waals surface area contributed by atoms with Gasteiger partial charge in [-0.1, -0.05) is 6.07 Å². The van der Waals surface area contributed by atoms with Crippen LogP contribution in [0.3, 0.4) is 0 Å². The van der Waals surface area contributed by atoms with E-state index in [9.17, 15) is 14.0 Å². The fraction of sp³-hybridized carbons (Fsp3) is 0.444. The lowest BCUT2D eigenvalue weighted by molar-refractivity contribution is -0.139. The van der Waals surface area contributed by atoms with Gasteiger partial charge in [0.15, 0.2) is 6.29 Å². The first-order valence-corrected chi connectivity index (χ1v) is 7.89. The van der Waals surface area contributed by atoms with Gasteiger partial charge in [-0.3, -0.25) is 4.79 Å². The average Bonchev–Trinajstić information content (AvgIpc) is 2.57. The third kappa shape index (κ3) is 6.12. The Morgan fingerprint density at radius 1 is 1.33 bits per heavy atom. The molecule has 0 fully saturated rings. The maximum absolute atomic E-state index is 13.6. The van der Waals surface area contributed by atoms with Crippen LogP contribution >= 0.6 is 0 Å².